The van der Waals surface area contributed by atoms with Gasteiger partial charge in [0.1, 0.15) is 12.2 Å². The number of hydrogen-bond acceptors (Lipinski definition) is 6. The smallest absolute Gasteiger partial charge is 0.347 e. The third-order valence-electron chi connectivity index (χ3n) is 4.50. The minimum absolute atomic E-state index is 0.0409. The number of fused-ring (bicyclic) bond motifs is 2. The molecule has 1 saturated carbocycles. The Labute approximate surface area is 154 Å². The van der Waals surface area contributed by atoms with Gasteiger partial charge >= 0.3 is 17.9 Å². The summed E-state index contributed by atoms with van der Waals surface area (Å²) in [6.07, 6.45) is 4.97. The predicted octanol–water partition coefficient (Wildman–Crippen LogP) is 2.96. The van der Waals surface area contributed by atoms with Gasteiger partial charge < -0.3 is 14.2 Å². The first-order chi connectivity index (χ1) is 12.1. The Balaban J connectivity index is 1.93. The van der Waals surface area contributed by atoms with E-state index in [1.54, 1.807) is 20.8 Å². The van der Waals surface area contributed by atoms with Crippen LogP contribution in [-0.2, 0) is 28.6 Å². The Morgan fingerprint density at radius 3 is 2.38 bits per heavy atom. The largest absolute Gasteiger partial charge is 0.462 e. The van der Waals surface area contributed by atoms with Crippen molar-refractivity contribution in [3.05, 3.63) is 24.3 Å². The van der Waals surface area contributed by atoms with Crippen LogP contribution >= 0.6 is 0 Å². The predicted molar refractivity (Wildman–Crippen MR) is 95.0 cm³/mol. The topological polar surface area (TPSA) is 78.9 Å². The molecule has 26 heavy (non-hydrogen) atoms. The Bertz CT molecular complexity index is 612. The van der Waals surface area contributed by atoms with Gasteiger partial charge in [-0.2, -0.15) is 0 Å². The van der Waals surface area contributed by atoms with Crippen LogP contribution in [0.2, 0.25) is 0 Å². The van der Waals surface area contributed by atoms with E-state index in [0.29, 0.717) is 5.92 Å². The molecule has 0 aliphatic heterocycles. The maximum Gasteiger partial charge on any atom is 0.347 e. The molecule has 0 amide bonds. The van der Waals surface area contributed by atoms with Crippen LogP contribution in [0.1, 0.15) is 47.0 Å². The van der Waals surface area contributed by atoms with Crippen LogP contribution in [0.4, 0.5) is 0 Å². The molecule has 0 aromatic heterocycles. The number of rotatable bonds is 7. The van der Waals surface area contributed by atoms with E-state index in [1.165, 1.54) is 6.92 Å². The Hall–Kier alpha value is -2.11. The summed E-state index contributed by atoms with van der Waals surface area (Å²) in [4.78, 5) is 36.2. The average molecular weight is 364 g/mol. The second kappa shape index (κ2) is 8.06. The van der Waals surface area contributed by atoms with Crippen LogP contribution in [0.25, 0.3) is 0 Å². The van der Waals surface area contributed by atoms with Crippen LogP contribution in [0.5, 0.6) is 0 Å². The van der Waals surface area contributed by atoms with Crippen molar-refractivity contribution in [2.45, 2.75) is 58.7 Å². The number of esters is 3. The van der Waals surface area contributed by atoms with Gasteiger partial charge in [0.15, 0.2) is 0 Å². The van der Waals surface area contributed by atoms with Gasteiger partial charge in [-0.25, -0.2) is 9.59 Å². The summed E-state index contributed by atoms with van der Waals surface area (Å²) < 4.78 is 15.8. The Morgan fingerprint density at radius 1 is 1.19 bits per heavy atom. The zero-order valence-electron chi connectivity index (χ0n) is 15.9. The number of hydrogen-bond donors (Lipinski definition) is 0. The van der Waals surface area contributed by atoms with Gasteiger partial charge in [-0.05, 0) is 52.4 Å². The monoisotopic (exact) mass is 364 g/mol. The maximum atomic E-state index is 12.5. The number of allylic oxidation sites excluding steroid dienone is 2. The lowest BCUT2D eigenvalue weighted by Crippen LogP contribution is -2.38. The van der Waals surface area contributed by atoms with Crippen molar-refractivity contribution in [1.29, 1.82) is 0 Å². The van der Waals surface area contributed by atoms with E-state index < -0.39 is 29.6 Å². The maximum absolute atomic E-state index is 12.5. The van der Waals surface area contributed by atoms with E-state index in [2.05, 4.69) is 18.7 Å². The molecular weight excluding hydrogens is 336 g/mol. The minimum atomic E-state index is -0.974. The highest BCUT2D eigenvalue weighted by molar-refractivity contribution is 5.89. The molecule has 0 aromatic rings. The van der Waals surface area contributed by atoms with Crippen molar-refractivity contribution < 1.29 is 28.6 Å². The molecule has 144 valence electrons. The molecule has 0 spiro atoms. The molecule has 4 atom stereocenters. The van der Waals surface area contributed by atoms with Gasteiger partial charge in [0, 0.05) is 11.5 Å². The summed E-state index contributed by atoms with van der Waals surface area (Å²) in [5.74, 6) is -1.13. The zero-order chi connectivity index (χ0) is 19.5. The van der Waals surface area contributed by atoms with E-state index in [1.807, 2.05) is 0 Å². The lowest BCUT2D eigenvalue weighted by molar-refractivity contribution is -0.172. The Morgan fingerprint density at radius 2 is 1.88 bits per heavy atom. The van der Waals surface area contributed by atoms with Crippen molar-refractivity contribution in [2.75, 3.05) is 6.61 Å². The molecule has 0 saturated heterocycles. The van der Waals surface area contributed by atoms with E-state index in [-0.39, 0.29) is 30.4 Å². The van der Waals surface area contributed by atoms with Gasteiger partial charge in [0.05, 0.1) is 6.42 Å². The molecule has 0 heterocycles. The van der Waals surface area contributed by atoms with Gasteiger partial charge in [-0.1, -0.05) is 18.7 Å². The summed E-state index contributed by atoms with van der Waals surface area (Å²) in [6.45, 7) is 10.3. The highest BCUT2D eigenvalue weighted by Gasteiger charge is 2.45. The van der Waals surface area contributed by atoms with Crippen LogP contribution in [0.3, 0.4) is 0 Å². The highest BCUT2D eigenvalue weighted by atomic mass is 16.6. The molecule has 0 N–H and O–H groups in total. The quantitative estimate of drug-likeness (QED) is 0.299. The molecule has 2 aliphatic carbocycles. The molecule has 2 rings (SSSR count). The molecule has 6 heteroatoms. The first kappa shape index (κ1) is 20.2. The lowest BCUT2D eigenvalue weighted by Gasteiger charge is -2.26. The molecule has 4 unspecified atom stereocenters. The summed E-state index contributed by atoms with van der Waals surface area (Å²) in [5.41, 5.74) is -0.356. The fourth-order valence-corrected chi connectivity index (χ4v) is 3.41. The van der Waals surface area contributed by atoms with Crippen molar-refractivity contribution >= 4 is 17.9 Å². The molecule has 2 bridgehead atoms. The van der Waals surface area contributed by atoms with Crippen LogP contribution in [0, 0.1) is 17.8 Å². The SMILES string of the molecule is C=C(C)C(=O)OC(C(=O)OCCC(=O)OC(C)(C)C)C1CC2C=CC1C2. The summed E-state index contributed by atoms with van der Waals surface area (Å²) in [5, 5.41) is 0. The molecule has 1 fully saturated rings. The van der Waals surface area contributed by atoms with Crippen molar-refractivity contribution in [2.24, 2.45) is 17.8 Å². The van der Waals surface area contributed by atoms with Crippen LogP contribution in [0.15, 0.2) is 24.3 Å². The zero-order valence-corrected chi connectivity index (χ0v) is 15.9. The number of carbonyl (C=O) groups is 3. The second-order valence-electron chi connectivity index (χ2n) is 8.05. The van der Waals surface area contributed by atoms with Crippen LogP contribution in [-0.4, -0.2) is 36.2 Å². The van der Waals surface area contributed by atoms with E-state index >= 15 is 0 Å². The lowest BCUT2D eigenvalue weighted by atomic mass is 9.88. The van der Waals surface area contributed by atoms with E-state index in [4.69, 9.17) is 14.2 Å². The van der Waals surface area contributed by atoms with Crippen molar-refractivity contribution in [3.63, 3.8) is 0 Å². The molecule has 0 aromatic carbocycles. The average Bonchev–Trinajstić information content (AvgIpc) is 3.13. The van der Waals surface area contributed by atoms with Crippen LogP contribution < -0.4 is 0 Å². The molecule has 6 nitrogen and oxygen atoms in total. The summed E-state index contributed by atoms with van der Waals surface area (Å²) in [6, 6.07) is 0. The van der Waals surface area contributed by atoms with Gasteiger partial charge in [0.2, 0.25) is 6.10 Å². The summed E-state index contributed by atoms with van der Waals surface area (Å²) in [7, 11) is 0. The third-order valence-corrected chi connectivity index (χ3v) is 4.50. The number of carbonyl (C=O) groups excluding carboxylic acids is 3. The van der Waals surface area contributed by atoms with Crippen molar-refractivity contribution in [3.8, 4) is 0 Å². The standard InChI is InChI=1S/C20H28O6/c1-12(2)18(22)25-17(15-11-13-6-7-14(15)10-13)19(23)24-9-8-16(21)26-20(3,4)5/h6-7,13-15,17H,1,8-11H2,2-5H3. The summed E-state index contributed by atoms with van der Waals surface area (Å²) >= 11 is 0. The first-order valence-electron chi connectivity index (χ1n) is 9.00. The Kier molecular flexibility index (Phi) is 6.26. The van der Waals surface area contributed by atoms with Gasteiger partial charge in [0.25, 0.3) is 0 Å². The van der Waals surface area contributed by atoms with E-state index in [0.717, 1.165) is 12.8 Å². The highest BCUT2D eigenvalue weighted by Crippen LogP contribution is 2.46. The second-order valence-corrected chi connectivity index (χ2v) is 8.05. The molecule has 2 aliphatic rings. The van der Waals surface area contributed by atoms with E-state index in [9.17, 15) is 14.4 Å². The number of ether oxygens (including phenoxy) is 3. The fraction of sp³-hybridized carbons (Fsp3) is 0.650. The van der Waals surface area contributed by atoms with Crippen molar-refractivity contribution in [1.82, 2.24) is 0 Å². The first-order valence-corrected chi connectivity index (χ1v) is 9.00. The minimum Gasteiger partial charge on any atom is -0.462 e. The molecular formula is C20H28O6. The van der Waals surface area contributed by atoms with Gasteiger partial charge in [-0.3, -0.25) is 4.79 Å². The van der Waals surface area contributed by atoms with Gasteiger partial charge in [-0.15, -0.1) is 0 Å². The normalized spacial score (nSPS) is 24.8. The molecule has 0 radical (unpaired) electrons. The fourth-order valence-electron chi connectivity index (χ4n) is 3.41. The third kappa shape index (κ3) is 5.44.